The first kappa shape index (κ1) is 13.8. The number of rotatable bonds is 6. The molecule has 0 amide bonds. The van der Waals surface area contributed by atoms with Crippen LogP contribution in [0.1, 0.15) is 30.6 Å². The monoisotopic (exact) mass is 237 g/mol. The summed E-state index contributed by atoms with van der Waals surface area (Å²) in [5.74, 6) is 0.0986. The van der Waals surface area contributed by atoms with E-state index in [1.54, 1.807) is 24.3 Å². The van der Waals surface area contributed by atoms with Gasteiger partial charge in [-0.25, -0.2) is 0 Å². The molecule has 4 N–H and O–H groups in total. The maximum Gasteiger partial charge on any atom is 0.134 e. The average Bonchev–Trinajstić information content (AvgIpc) is 2.28. The normalized spacial score (nSPS) is 14.4. The molecule has 4 nitrogen and oxygen atoms in total. The fraction of sp³-hybridized carbons (Fsp3) is 0.462. The highest BCUT2D eigenvalue weighted by Crippen LogP contribution is 2.19. The summed E-state index contributed by atoms with van der Waals surface area (Å²) in [7, 11) is 0. The standard InChI is InChI=1S/C13H19NO3/c1-9(15)8-10-2-4-11(5-3-10)13(17)12(16)6-7-14/h2-5,12-13,16-17H,6-8,14H2,1H3. The highest BCUT2D eigenvalue weighted by Gasteiger charge is 2.17. The number of nitrogens with two attached hydrogens (primary N) is 1. The van der Waals surface area contributed by atoms with Gasteiger partial charge >= 0.3 is 0 Å². The maximum absolute atomic E-state index is 10.9. The molecule has 1 rings (SSSR count). The minimum atomic E-state index is -0.926. The fourth-order valence-electron chi connectivity index (χ4n) is 1.67. The molecule has 17 heavy (non-hydrogen) atoms. The highest BCUT2D eigenvalue weighted by molar-refractivity contribution is 5.78. The number of Topliss-reactive ketones (excluding diaryl/α,β-unsaturated/α-hetero) is 1. The van der Waals surface area contributed by atoms with Crippen LogP contribution in [0.4, 0.5) is 0 Å². The lowest BCUT2D eigenvalue weighted by Crippen LogP contribution is -2.21. The maximum atomic E-state index is 10.9. The third-order valence-electron chi connectivity index (χ3n) is 2.60. The number of carbonyl (C=O) groups is 1. The average molecular weight is 237 g/mol. The van der Waals surface area contributed by atoms with Crippen molar-refractivity contribution in [2.24, 2.45) is 5.73 Å². The molecule has 0 bridgehead atoms. The Labute approximate surface area is 101 Å². The van der Waals surface area contributed by atoms with E-state index in [0.29, 0.717) is 24.9 Å². The van der Waals surface area contributed by atoms with Gasteiger partial charge in [0.25, 0.3) is 0 Å². The molecule has 0 saturated carbocycles. The molecule has 0 aliphatic heterocycles. The summed E-state index contributed by atoms with van der Waals surface area (Å²) >= 11 is 0. The SMILES string of the molecule is CC(=O)Cc1ccc(C(O)C(O)CCN)cc1. The predicted molar refractivity (Wildman–Crippen MR) is 65.5 cm³/mol. The number of carbonyl (C=O) groups excluding carboxylic acids is 1. The van der Waals surface area contributed by atoms with Gasteiger partial charge in [0.1, 0.15) is 11.9 Å². The number of hydrogen-bond donors (Lipinski definition) is 3. The molecular formula is C13H19NO3. The van der Waals surface area contributed by atoms with Gasteiger partial charge in [0, 0.05) is 6.42 Å². The van der Waals surface area contributed by atoms with Crippen LogP contribution in [-0.2, 0) is 11.2 Å². The van der Waals surface area contributed by atoms with Crippen molar-refractivity contribution < 1.29 is 15.0 Å². The zero-order valence-electron chi connectivity index (χ0n) is 9.97. The van der Waals surface area contributed by atoms with Crippen molar-refractivity contribution in [3.05, 3.63) is 35.4 Å². The Balaban J connectivity index is 2.69. The summed E-state index contributed by atoms with van der Waals surface area (Å²) in [5.41, 5.74) is 6.86. The second-order valence-electron chi connectivity index (χ2n) is 4.21. The first-order valence-corrected chi connectivity index (χ1v) is 5.69. The second-order valence-corrected chi connectivity index (χ2v) is 4.21. The molecule has 0 radical (unpaired) electrons. The van der Waals surface area contributed by atoms with E-state index in [-0.39, 0.29) is 5.78 Å². The molecular weight excluding hydrogens is 218 g/mol. The molecule has 0 heterocycles. The minimum Gasteiger partial charge on any atom is -0.390 e. The van der Waals surface area contributed by atoms with E-state index < -0.39 is 12.2 Å². The van der Waals surface area contributed by atoms with Crippen LogP contribution in [0.25, 0.3) is 0 Å². The Kier molecular flexibility index (Phi) is 5.28. The predicted octanol–water partition coefficient (Wildman–Crippen LogP) is 0.561. The van der Waals surface area contributed by atoms with Gasteiger partial charge < -0.3 is 15.9 Å². The Bertz CT molecular complexity index is 361. The van der Waals surface area contributed by atoms with Crippen LogP contribution in [0.3, 0.4) is 0 Å². The molecule has 2 atom stereocenters. The zero-order valence-corrected chi connectivity index (χ0v) is 9.97. The Morgan fingerprint density at radius 3 is 2.35 bits per heavy atom. The van der Waals surface area contributed by atoms with Crippen LogP contribution in [0.15, 0.2) is 24.3 Å². The zero-order chi connectivity index (χ0) is 12.8. The molecule has 94 valence electrons. The van der Waals surface area contributed by atoms with E-state index in [2.05, 4.69) is 0 Å². The first-order valence-electron chi connectivity index (χ1n) is 5.69. The van der Waals surface area contributed by atoms with Crippen molar-refractivity contribution in [2.45, 2.75) is 32.0 Å². The number of aliphatic hydroxyl groups is 2. The van der Waals surface area contributed by atoms with Gasteiger partial charge in [0.05, 0.1) is 6.10 Å². The van der Waals surface area contributed by atoms with Gasteiger partial charge in [-0.2, -0.15) is 0 Å². The van der Waals surface area contributed by atoms with Crippen molar-refractivity contribution in [2.75, 3.05) is 6.54 Å². The van der Waals surface area contributed by atoms with Gasteiger partial charge in [0.15, 0.2) is 0 Å². The molecule has 0 aromatic heterocycles. The molecule has 0 saturated heterocycles. The molecule has 2 unspecified atom stereocenters. The van der Waals surface area contributed by atoms with Gasteiger partial charge in [-0.3, -0.25) is 4.79 Å². The van der Waals surface area contributed by atoms with E-state index in [1.165, 1.54) is 6.92 Å². The van der Waals surface area contributed by atoms with E-state index in [4.69, 9.17) is 5.73 Å². The summed E-state index contributed by atoms with van der Waals surface area (Å²) in [5, 5.41) is 19.4. The lowest BCUT2D eigenvalue weighted by atomic mass is 9.99. The highest BCUT2D eigenvalue weighted by atomic mass is 16.3. The van der Waals surface area contributed by atoms with E-state index in [1.807, 2.05) is 0 Å². The third-order valence-corrected chi connectivity index (χ3v) is 2.60. The summed E-state index contributed by atoms with van der Waals surface area (Å²) < 4.78 is 0. The van der Waals surface area contributed by atoms with Crippen molar-refractivity contribution in [1.82, 2.24) is 0 Å². The van der Waals surface area contributed by atoms with Crippen molar-refractivity contribution in [1.29, 1.82) is 0 Å². The summed E-state index contributed by atoms with van der Waals surface area (Å²) in [6.07, 6.45) is -1.03. The minimum absolute atomic E-state index is 0.0986. The van der Waals surface area contributed by atoms with E-state index >= 15 is 0 Å². The Morgan fingerprint density at radius 2 is 1.88 bits per heavy atom. The topological polar surface area (TPSA) is 83.5 Å². The number of ketones is 1. The number of benzene rings is 1. The molecule has 1 aromatic rings. The Morgan fingerprint density at radius 1 is 1.29 bits per heavy atom. The molecule has 1 aromatic carbocycles. The second kappa shape index (κ2) is 6.49. The van der Waals surface area contributed by atoms with Crippen LogP contribution in [0.5, 0.6) is 0 Å². The molecule has 0 spiro atoms. The van der Waals surface area contributed by atoms with Crippen molar-refractivity contribution >= 4 is 5.78 Å². The van der Waals surface area contributed by atoms with Crippen LogP contribution in [0, 0.1) is 0 Å². The van der Waals surface area contributed by atoms with Gasteiger partial charge in [0.2, 0.25) is 0 Å². The quantitative estimate of drug-likeness (QED) is 0.675. The summed E-state index contributed by atoms with van der Waals surface area (Å²) in [6.45, 7) is 1.87. The first-order chi connectivity index (χ1) is 8.04. The van der Waals surface area contributed by atoms with Crippen LogP contribution in [0.2, 0.25) is 0 Å². The molecule has 0 aliphatic rings. The largest absolute Gasteiger partial charge is 0.390 e. The lowest BCUT2D eigenvalue weighted by Gasteiger charge is -2.17. The summed E-state index contributed by atoms with van der Waals surface area (Å²) in [6, 6.07) is 7.02. The van der Waals surface area contributed by atoms with Crippen LogP contribution >= 0.6 is 0 Å². The van der Waals surface area contributed by atoms with Gasteiger partial charge in [-0.05, 0) is 31.0 Å². The van der Waals surface area contributed by atoms with E-state index in [9.17, 15) is 15.0 Å². The Hall–Kier alpha value is -1.23. The lowest BCUT2D eigenvalue weighted by molar-refractivity contribution is -0.116. The smallest absolute Gasteiger partial charge is 0.134 e. The van der Waals surface area contributed by atoms with E-state index in [0.717, 1.165) is 5.56 Å². The molecule has 0 fully saturated rings. The molecule has 0 aliphatic carbocycles. The fourth-order valence-corrected chi connectivity index (χ4v) is 1.67. The third kappa shape index (κ3) is 4.26. The van der Waals surface area contributed by atoms with Gasteiger partial charge in [-0.15, -0.1) is 0 Å². The van der Waals surface area contributed by atoms with Crippen LogP contribution < -0.4 is 5.73 Å². The van der Waals surface area contributed by atoms with Crippen LogP contribution in [-0.4, -0.2) is 28.6 Å². The van der Waals surface area contributed by atoms with Crippen molar-refractivity contribution in [3.8, 4) is 0 Å². The van der Waals surface area contributed by atoms with Gasteiger partial charge in [-0.1, -0.05) is 24.3 Å². The summed E-state index contributed by atoms with van der Waals surface area (Å²) in [4.78, 5) is 10.9. The van der Waals surface area contributed by atoms with Crippen molar-refractivity contribution in [3.63, 3.8) is 0 Å². The number of hydrogen-bond acceptors (Lipinski definition) is 4. The number of aliphatic hydroxyl groups excluding tert-OH is 2. The molecule has 4 heteroatoms.